The van der Waals surface area contributed by atoms with Crippen LogP contribution in [0.4, 0.5) is 0 Å². The van der Waals surface area contributed by atoms with E-state index in [4.69, 9.17) is 0 Å². The molecule has 4 heterocycles. The van der Waals surface area contributed by atoms with E-state index in [9.17, 15) is 14.4 Å². The zero-order chi connectivity index (χ0) is 21.6. The van der Waals surface area contributed by atoms with E-state index >= 15 is 0 Å². The number of carbonyl (C=O) groups excluding carboxylic acids is 2. The number of carbonyl (C=O) groups is 2. The molecule has 0 saturated carbocycles. The molecule has 0 bridgehead atoms. The summed E-state index contributed by atoms with van der Waals surface area (Å²) in [5.41, 5.74) is 1.80. The molecule has 0 radical (unpaired) electrons. The number of hydrogen-bond donors (Lipinski definition) is 1. The van der Waals surface area contributed by atoms with Crippen LogP contribution in [0.1, 0.15) is 40.3 Å². The number of nitrogens with zero attached hydrogens (tertiary/aromatic N) is 5. The molecule has 1 N–H and O–H groups in total. The van der Waals surface area contributed by atoms with E-state index < -0.39 is 0 Å². The highest BCUT2D eigenvalue weighted by Gasteiger charge is 2.21. The molecular weight excluding hydrogens is 416 g/mol. The fourth-order valence-electron chi connectivity index (χ4n) is 3.47. The molecule has 4 rings (SSSR count). The molecule has 1 aliphatic heterocycles. The Balaban J connectivity index is 1.43. The fraction of sp³-hybridized carbons (Fsp3) is 0.333. The van der Waals surface area contributed by atoms with Gasteiger partial charge < -0.3 is 10.2 Å². The maximum Gasteiger partial charge on any atom is 0.253 e. The second kappa shape index (κ2) is 9.61. The first-order valence-electron chi connectivity index (χ1n) is 10.0. The second-order valence-corrected chi connectivity index (χ2v) is 8.04. The molecule has 0 saturated heterocycles. The Bertz CT molecular complexity index is 1110. The van der Waals surface area contributed by atoms with Crippen LogP contribution in [0, 0.1) is 0 Å². The number of nitrogens with one attached hydrogen (secondary N) is 1. The van der Waals surface area contributed by atoms with Crippen molar-refractivity contribution in [3.8, 4) is 0 Å². The summed E-state index contributed by atoms with van der Waals surface area (Å²) in [5.74, 6) is 0.337. The molecule has 0 fully saturated rings. The number of amides is 2. The van der Waals surface area contributed by atoms with Crippen molar-refractivity contribution in [3.05, 3.63) is 74.6 Å². The third-order valence-electron chi connectivity index (χ3n) is 5.09. The standard InChI is InChI=1S/C21H22N6O3S/c28-19(3-2-15-9-22-14-23-10-15)26-5-1-6-27-18(12-26)25-17(8-20(27)29)11-24-21(30)16-4-7-31-13-16/h4,7-10,13-14H,1-3,5-6,11-12H2,(H,24,30). The minimum absolute atomic E-state index is 0.00251. The van der Waals surface area contributed by atoms with Gasteiger partial charge in [-0.1, -0.05) is 0 Å². The summed E-state index contributed by atoms with van der Waals surface area (Å²) in [6.07, 6.45) is 6.45. The first kappa shape index (κ1) is 20.9. The fourth-order valence-corrected chi connectivity index (χ4v) is 4.11. The van der Waals surface area contributed by atoms with Crippen molar-refractivity contribution in [2.45, 2.75) is 38.9 Å². The average molecular weight is 439 g/mol. The lowest BCUT2D eigenvalue weighted by molar-refractivity contribution is -0.131. The van der Waals surface area contributed by atoms with Crippen LogP contribution in [0.2, 0.25) is 0 Å². The lowest BCUT2D eigenvalue weighted by Crippen LogP contribution is -2.33. The molecule has 31 heavy (non-hydrogen) atoms. The van der Waals surface area contributed by atoms with Crippen molar-refractivity contribution in [2.75, 3.05) is 6.54 Å². The molecule has 0 spiro atoms. The number of aryl methyl sites for hydroxylation is 1. The van der Waals surface area contributed by atoms with Gasteiger partial charge in [-0.15, -0.1) is 0 Å². The highest BCUT2D eigenvalue weighted by molar-refractivity contribution is 7.08. The van der Waals surface area contributed by atoms with Crippen LogP contribution in [-0.2, 0) is 30.8 Å². The van der Waals surface area contributed by atoms with E-state index in [1.165, 1.54) is 23.7 Å². The summed E-state index contributed by atoms with van der Waals surface area (Å²) in [5, 5.41) is 6.38. The van der Waals surface area contributed by atoms with Gasteiger partial charge in [-0.2, -0.15) is 11.3 Å². The van der Waals surface area contributed by atoms with Crippen molar-refractivity contribution in [3.63, 3.8) is 0 Å². The van der Waals surface area contributed by atoms with Crippen LogP contribution in [0.25, 0.3) is 0 Å². The quantitative estimate of drug-likeness (QED) is 0.623. The number of hydrogen-bond acceptors (Lipinski definition) is 7. The molecule has 1 aliphatic rings. The van der Waals surface area contributed by atoms with Crippen LogP contribution in [-0.4, -0.2) is 42.8 Å². The van der Waals surface area contributed by atoms with E-state index in [1.54, 1.807) is 33.3 Å². The van der Waals surface area contributed by atoms with Crippen molar-refractivity contribution in [2.24, 2.45) is 0 Å². The first-order chi connectivity index (χ1) is 15.1. The van der Waals surface area contributed by atoms with Gasteiger partial charge in [-0.05, 0) is 29.9 Å². The normalized spacial score (nSPS) is 13.4. The molecule has 0 atom stereocenters. The van der Waals surface area contributed by atoms with Crippen LogP contribution in [0.3, 0.4) is 0 Å². The summed E-state index contributed by atoms with van der Waals surface area (Å²) < 4.78 is 1.61. The molecule has 10 heteroatoms. The highest BCUT2D eigenvalue weighted by atomic mass is 32.1. The van der Waals surface area contributed by atoms with Crippen molar-refractivity contribution in [1.29, 1.82) is 0 Å². The predicted octanol–water partition coefficient (Wildman–Crippen LogP) is 1.39. The van der Waals surface area contributed by atoms with E-state index in [0.29, 0.717) is 49.4 Å². The first-order valence-corrected chi connectivity index (χ1v) is 11.0. The lowest BCUT2D eigenvalue weighted by atomic mass is 10.2. The molecule has 2 amide bonds. The second-order valence-electron chi connectivity index (χ2n) is 7.26. The van der Waals surface area contributed by atoms with Crippen LogP contribution >= 0.6 is 11.3 Å². The summed E-state index contributed by atoms with van der Waals surface area (Å²) in [6, 6.07) is 3.19. The molecule has 0 aromatic carbocycles. The molecule has 0 unspecified atom stereocenters. The van der Waals surface area contributed by atoms with Gasteiger partial charge in [-0.25, -0.2) is 15.0 Å². The minimum Gasteiger partial charge on any atom is -0.346 e. The zero-order valence-corrected chi connectivity index (χ0v) is 17.7. The Morgan fingerprint density at radius 2 is 2.03 bits per heavy atom. The molecule has 3 aromatic rings. The van der Waals surface area contributed by atoms with Gasteiger partial charge in [0.2, 0.25) is 5.91 Å². The number of aromatic nitrogens is 4. The molecule has 3 aromatic heterocycles. The maximum absolute atomic E-state index is 12.8. The smallest absolute Gasteiger partial charge is 0.253 e. The Hall–Kier alpha value is -3.40. The summed E-state index contributed by atoms with van der Waals surface area (Å²) in [4.78, 5) is 51.8. The van der Waals surface area contributed by atoms with Crippen LogP contribution < -0.4 is 10.9 Å². The third-order valence-corrected chi connectivity index (χ3v) is 5.77. The van der Waals surface area contributed by atoms with E-state index in [-0.39, 0.29) is 30.5 Å². The van der Waals surface area contributed by atoms with Gasteiger partial charge in [0.05, 0.1) is 18.8 Å². The Morgan fingerprint density at radius 3 is 2.81 bits per heavy atom. The number of thiophene rings is 1. The topological polar surface area (TPSA) is 110 Å². The third kappa shape index (κ3) is 5.21. The van der Waals surface area contributed by atoms with Gasteiger partial charge in [0.25, 0.3) is 11.5 Å². The SMILES string of the molecule is O=C(NCc1cc(=O)n2c(n1)CN(C(=O)CCc1cncnc1)CCC2)c1ccsc1. The number of rotatable bonds is 6. The predicted molar refractivity (Wildman–Crippen MR) is 114 cm³/mol. The Labute approximate surface area is 182 Å². The summed E-state index contributed by atoms with van der Waals surface area (Å²) in [6.45, 7) is 1.50. The molecule has 0 aliphatic carbocycles. The average Bonchev–Trinajstić information content (AvgIpc) is 3.23. The Morgan fingerprint density at radius 1 is 1.19 bits per heavy atom. The van der Waals surface area contributed by atoms with E-state index in [2.05, 4.69) is 20.3 Å². The summed E-state index contributed by atoms with van der Waals surface area (Å²) in [7, 11) is 0. The molecular formula is C21H22N6O3S. The molecule has 9 nitrogen and oxygen atoms in total. The van der Waals surface area contributed by atoms with Gasteiger partial charge in [0.1, 0.15) is 12.2 Å². The minimum atomic E-state index is -0.209. The summed E-state index contributed by atoms with van der Waals surface area (Å²) >= 11 is 1.44. The lowest BCUT2D eigenvalue weighted by Gasteiger charge is -2.20. The monoisotopic (exact) mass is 438 g/mol. The van der Waals surface area contributed by atoms with Gasteiger partial charge >= 0.3 is 0 Å². The molecule has 160 valence electrons. The van der Waals surface area contributed by atoms with Gasteiger partial charge in [-0.3, -0.25) is 19.0 Å². The van der Waals surface area contributed by atoms with Crippen molar-refractivity contribution >= 4 is 23.2 Å². The maximum atomic E-state index is 12.8. The van der Waals surface area contributed by atoms with Gasteiger partial charge in [0, 0.05) is 48.9 Å². The van der Waals surface area contributed by atoms with E-state index in [1.807, 2.05) is 5.38 Å². The van der Waals surface area contributed by atoms with Gasteiger partial charge in [0.15, 0.2) is 0 Å². The largest absolute Gasteiger partial charge is 0.346 e. The number of fused-ring (bicyclic) bond motifs is 1. The van der Waals surface area contributed by atoms with Crippen molar-refractivity contribution < 1.29 is 9.59 Å². The van der Waals surface area contributed by atoms with E-state index in [0.717, 1.165) is 5.56 Å². The Kier molecular flexibility index (Phi) is 6.46. The van der Waals surface area contributed by atoms with Crippen molar-refractivity contribution in [1.82, 2.24) is 29.7 Å². The highest BCUT2D eigenvalue weighted by Crippen LogP contribution is 2.12. The van der Waals surface area contributed by atoms with Crippen LogP contribution in [0.5, 0.6) is 0 Å². The van der Waals surface area contributed by atoms with Crippen LogP contribution in [0.15, 0.2) is 46.4 Å². The zero-order valence-electron chi connectivity index (χ0n) is 16.9.